The quantitative estimate of drug-likeness (QED) is 0.290. The van der Waals surface area contributed by atoms with E-state index in [1.54, 1.807) is 48.8 Å². The number of nitrogens with zero attached hydrogens (tertiary/aromatic N) is 1. The second-order valence-electron chi connectivity index (χ2n) is 6.66. The van der Waals surface area contributed by atoms with Gasteiger partial charge in [-0.15, -0.1) is 0 Å². The van der Waals surface area contributed by atoms with Gasteiger partial charge in [-0.05, 0) is 47.5 Å². The number of carbonyl (C=O) groups is 2. The molecule has 0 saturated carbocycles. The van der Waals surface area contributed by atoms with E-state index in [0.717, 1.165) is 11.1 Å². The minimum absolute atomic E-state index is 0.0937. The lowest BCUT2D eigenvalue weighted by Crippen LogP contribution is -2.38. The maximum atomic E-state index is 12.8. The number of nitrogens with one attached hydrogen (secondary N) is 3. The van der Waals surface area contributed by atoms with E-state index >= 15 is 0 Å². The van der Waals surface area contributed by atoms with Gasteiger partial charge in [0, 0.05) is 29.3 Å². The first kappa shape index (κ1) is 20.5. The van der Waals surface area contributed by atoms with E-state index in [4.69, 9.17) is 16.9 Å². The molecule has 30 heavy (non-hydrogen) atoms. The molecule has 7 N–H and O–H groups in total. The van der Waals surface area contributed by atoms with E-state index in [1.807, 2.05) is 24.3 Å². The van der Waals surface area contributed by atoms with E-state index in [1.165, 1.54) is 0 Å². The van der Waals surface area contributed by atoms with Gasteiger partial charge in [0.1, 0.15) is 11.9 Å². The van der Waals surface area contributed by atoms with Gasteiger partial charge >= 0.3 is 0 Å². The average molecular weight is 402 g/mol. The number of rotatable bonds is 8. The van der Waals surface area contributed by atoms with Crippen LogP contribution in [0.15, 0.2) is 73.1 Å². The molecule has 3 aromatic rings. The van der Waals surface area contributed by atoms with Crippen LogP contribution in [0, 0.1) is 5.41 Å². The predicted octanol–water partition coefficient (Wildman–Crippen LogP) is 2.33. The van der Waals surface area contributed by atoms with Crippen molar-refractivity contribution in [2.24, 2.45) is 11.5 Å². The Balaban J connectivity index is 1.73. The molecule has 152 valence electrons. The highest BCUT2D eigenvalue weighted by Crippen LogP contribution is 2.21. The highest BCUT2D eigenvalue weighted by molar-refractivity contribution is 6.00. The molecular weight excluding hydrogens is 380 g/mol. The van der Waals surface area contributed by atoms with Crippen molar-refractivity contribution >= 4 is 29.0 Å². The topological polar surface area (TPSA) is 147 Å². The van der Waals surface area contributed by atoms with Crippen molar-refractivity contribution in [2.75, 3.05) is 10.6 Å². The Morgan fingerprint density at radius 3 is 2.23 bits per heavy atom. The lowest BCUT2D eigenvalue weighted by Gasteiger charge is -2.19. The zero-order valence-corrected chi connectivity index (χ0v) is 16.1. The first-order valence-electron chi connectivity index (χ1n) is 9.23. The Labute approximate surface area is 173 Å². The van der Waals surface area contributed by atoms with Crippen LogP contribution < -0.4 is 22.1 Å². The fraction of sp³-hybridized carbons (Fsp3) is 0.0909. The molecule has 0 fully saturated rings. The molecule has 0 aliphatic heterocycles. The van der Waals surface area contributed by atoms with Crippen LogP contribution in [0.4, 0.5) is 11.4 Å². The van der Waals surface area contributed by atoms with E-state index in [2.05, 4.69) is 15.6 Å². The van der Waals surface area contributed by atoms with E-state index < -0.39 is 17.9 Å². The molecule has 8 nitrogen and oxygen atoms in total. The van der Waals surface area contributed by atoms with Gasteiger partial charge in [0.05, 0.1) is 6.42 Å². The molecule has 8 heteroatoms. The van der Waals surface area contributed by atoms with Crippen LogP contribution in [-0.4, -0.2) is 28.7 Å². The van der Waals surface area contributed by atoms with Gasteiger partial charge < -0.3 is 22.1 Å². The lowest BCUT2D eigenvalue weighted by molar-refractivity contribution is -0.122. The van der Waals surface area contributed by atoms with Crippen molar-refractivity contribution in [3.8, 4) is 11.1 Å². The fourth-order valence-electron chi connectivity index (χ4n) is 2.91. The van der Waals surface area contributed by atoms with Crippen LogP contribution in [0.3, 0.4) is 0 Å². The lowest BCUT2D eigenvalue weighted by atomic mass is 10.1. The number of amidine groups is 1. The van der Waals surface area contributed by atoms with Crippen molar-refractivity contribution in [1.82, 2.24) is 4.98 Å². The third-order valence-corrected chi connectivity index (χ3v) is 4.40. The molecule has 0 aliphatic carbocycles. The van der Waals surface area contributed by atoms with E-state index in [0.29, 0.717) is 16.9 Å². The maximum absolute atomic E-state index is 12.8. The van der Waals surface area contributed by atoms with E-state index in [9.17, 15) is 9.59 Å². The Morgan fingerprint density at radius 2 is 1.60 bits per heavy atom. The van der Waals surface area contributed by atoms with Crippen molar-refractivity contribution in [3.63, 3.8) is 0 Å². The second kappa shape index (κ2) is 9.33. The number of nitrogens with two attached hydrogens (primary N) is 2. The first-order chi connectivity index (χ1) is 14.4. The molecule has 0 radical (unpaired) electrons. The highest BCUT2D eigenvalue weighted by Gasteiger charge is 2.21. The van der Waals surface area contributed by atoms with Gasteiger partial charge in [-0.1, -0.05) is 24.3 Å². The summed E-state index contributed by atoms with van der Waals surface area (Å²) in [5.74, 6) is -1.11. The molecule has 1 aromatic heterocycles. The Hall–Kier alpha value is -4.20. The van der Waals surface area contributed by atoms with Crippen LogP contribution >= 0.6 is 0 Å². The minimum Gasteiger partial charge on any atom is -0.384 e. The molecule has 2 aromatic carbocycles. The smallest absolute Gasteiger partial charge is 0.247 e. The molecule has 2 amide bonds. The largest absolute Gasteiger partial charge is 0.384 e. The number of aromatic nitrogens is 1. The monoisotopic (exact) mass is 402 g/mol. The van der Waals surface area contributed by atoms with Crippen molar-refractivity contribution in [2.45, 2.75) is 12.5 Å². The summed E-state index contributed by atoms with van der Waals surface area (Å²) in [6.07, 6.45) is 3.24. The van der Waals surface area contributed by atoms with E-state index in [-0.39, 0.29) is 12.3 Å². The average Bonchev–Trinajstić information content (AvgIpc) is 2.74. The molecule has 0 saturated heterocycles. The number of nitrogen functional groups attached to an aromatic ring is 1. The van der Waals surface area contributed by atoms with Crippen LogP contribution in [0.5, 0.6) is 0 Å². The van der Waals surface area contributed by atoms with Crippen LogP contribution in [-0.2, 0) is 9.59 Å². The number of hydrogen-bond acceptors (Lipinski definition) is 5. The number of hydrogen-bond donors (Lipinski definition) is 5. The highest BCUT2D eigenvalue weighted by atomic mass is 16.2. The standard InChI is InChI=1S/C22H22N6O2/c23-20(29)13-19(27-18-3-1-2-16(12-18)21(24)25)22(30)28-17-6-4-14(5-7-17)15-8-10-26-11-9-15/h1-12,19,27H,13H2,(H2,23,29)(H3,24,25)(H,28,30)/t19-/m0/s1. The number of carbonyl (C=O) groups excluding carboxylic acids is 2. The summed E-state index contributed by atoms with van der Waals surface area (Å²) in [5.41, 5.74) is 14.5. The Kier molecular flexibility index (Phi) is 6.39. The molecule has 0 spiro atoms. The maximum Gasteiger partial charge on any atom is 0.247 e. The summed E-state index contributed by atoms with van der Waals surface area (Å²) in [6.45, 7) is 0. The molecular formula is C22H22N6O2. The third kappa shape index (κ3) is 5.41. The van der Waals surface area contributed by atoms with Crippen molar-refractivity contribution in [1.29, 1.82) is 5.41 Å². The number of amides is 2. The predicted molar refractivity (Wildman–Crippen MR) is 117 cm³/mol. The summed E-state index contributed by atoms with van der Waals surface area (Å²) in [7, 11) is 0. The molecule has 0 bridgehead atoms. The zero-order chi connectivity index (χ0) is 21.5. The van der Waals surface area contributed by atoms with Crippen molar-refractivity contribution < 1.29 is 9.59 Å². The van der Waals surface area contributed by atoms with Crippen molar-refractivity contribution in [3.05, 3.63) is 78.6 Å². The summed E-state index contributed by atoms with van der Waals surface area (Å²) >= 11 is 0. The van der Waals surface area contributed by atoms with Crippen LogP contribution in [0.1, 0.15) is 12.0 Å². The zero-order valence-electron chi connectivity index (χ0n) is 16.1. The normalized spacial score (nSPS) is 11.3. The van der Waals surface area contributed by atoms with Gasteiger partial charge in [-0.25, -0.2) is 0 Å². The fourth-order valence-corrected chi connectivity index (χ4v) is 2.91. The Morgan fingerprint density at radius 1 is 0.933 bits per heavy atom. The summed E-state index contributed by atoms with van der Waals surface area (Å²) < 4.78 is 0. The molecule has 1 atom stereocenters. The van der Waals surface area contributed by atoms with Gasteiger partial charge in [-0.3, -0.25) is 20.0 Å². The van der Waals surface area contributed by atoms with Gasteiger partial charge in [0.15, 0.2) is 0 Å². The molecule has 0 aliphatic rings. The SMILES string of the molecule is N=C(N)c1cccc(N[C@@H](CC(N)=O)C(=O)Nc2ccc(-c3ccncc3)cc2)c1. The van der Waals surface area contributed by atoms with Gasteiger partial charge in [0.25, 0.3) is 0 Å². The minimum atomic E-state index is -0.885. The number of anilines is 2. The first-order valence-corrected chi connectivity index (χ1v) is 9.23. The third-order valence-electron chi connectivity index (χ3n) is 4.40. The van der Waals surface area contributed by atoms with Gasteiger partial charge in [0.2, 0.25) is 11.8 Å². The van der Waals surface area contributed by atoms with Crippen LogP contribution in [0.2, 0.25) is 0 Å². The number of benzene rings is 2. The van der Waals surface area contributed by atoms with Gasteiger partial charge in [-0.2, -0.15) is 0 Å². The number of pyridine rings is 1. The summed E-state index contributed by atoms with van der Waals surface area (Å²) in [5, 5.41) is 13.3. The molecule has 3 rings (SSSR count). The Bertz CT molecular complexity index is 1050. The van der Waals surface area contributed by atoms with Crippen LogP contribution in [0.25, 0.3) is 11.1 Å². The second-order valence-corrected chi connectivity index (χ2v) is 6.66. The number of primary amides is 1. The summed E-state index contributed by atoms with van der Waals surface area (Å²) in [6, 6.07) is 17.0. The molecule has 0 unspecified atom stereocenters. The molecule has 1 heterocycles. The summed E-state index contributed by atoms with van der Waals surface area (Å²) in [4.78, 5) is 28.2.